The highest BCUT2D eigenvalue weighted by Crippen LogP contribution is 2.42. The molecule has 0 radical (unpaired) electrons. The van der Waals surface area contributed by atoms with Crippen LogP contribution in [0.3, 0.4) is 0 Å². The van der Waals surface area contributed by atoms with Gasteiger partial charge in [0.1, 0.15) is 16.8 Å². The topological polar surface area (TPSA) is 43.9 Å². The van der Waals surface area contributed by atoms with Gasteiger partial charge in [-0.25, -0.2) is 9.97 Å². The first kappa shape index (κ1) is 27.2. The number of fused-ring (bicyclic) bond motifs is 11. The summed E-state index contributed by atoms with van der Waals surface area (Å²) in [6, 6.07) is 57.9. The molecule has 0 aliphatic heterocycles. The third-order valence-corrected chi connectivity index (χ3v) is 10.2. The first-order valence-corrected chi connectivity index (χ1v) is 16.9. The quantitative estimate of drug-likeness (QED) is 0.194. The van der Waals surface area contributed by atoms with E-state index in [0.29, 0.717) is 11.5 Å². The number of benzene rings is 8. The Bertz CT molecular complexity index is 3060. The highest BCUT2D eigenvalue weighted by molar-refractivity contribution is 6.28. The molecule has 0 aliphatic rings. The lowest BCUT2D eigenvalue weighted by Crippen LogP contribution is -2.02. The average molecular weight is 638 g/mol. The van der Waals surface area contributed by atoms with Crippen molar-refractivity contribution in [2.24, 2.45) is 0 Å². The van der Waals surface area contributed by atoms with Crippen molar-refractivity contribution in [2.45, 2.75) is 0 Å². The minimum absolute atomic E-state index is 0.612. The number of hydrogen-bond donors (Lipinski definition) is 0. The summed E-state index contributed by atoms with van der Waals surface area (Å²) >= 11 is 0. The van der Waals surface area contributed by atoms with Crippen LogP contribution < -0.4 is 0 Å². The molecule has 0 saturated heterocycles. The number of hydrogen-bond acceptors (Lipinski definition) is 3. The Labute approximate surface area is 286 Å². The molecule has 0 aliphatic carbocycles. The zero-order chi connectivity index (χ0) is 32.8. The molecular weight excluding hydrogens is 611 g/mol. The Morgan fingerprint density at radius 2 is 1.00 bits per heavy atom. The Balaban J connectivity index is 1.25. The molecule has 0 N–H and O–H groups in total. The van der Waals surface area contributed by atoms with Gasteiger partial charge in [0.05, 0.1) is 11.0 Å². The molecule has 0 bridgehead atoms. The van der Waals surface area contributed by atoms with Gasteiger partial charge in [0.25, 0.3) is 0 Å². The van der Waals surface area contributed by atoms with E-state index in [1.54, 1.807) is 0 Å². The Morgan fingerprint density at radius 3 is 1.72 bits per heavy atom. The molecule has 3 aromatic heterocycles. The molecule has 0 saturated carbocycles. The van der Waals surface area contributed by atoms with Crippen molar-refractivity contribution in [3.05, 3.63) is 164 Å². The summed E-state index contributed by atoms with van der Waals surface area (Å²) in [4.78, 5) is 10.7. The van der Waals surface area contributed by atoms with Crippen molar-refractivity contribution in [2.75, 3.05) is 0 Å². The highest BCUT2D eigenvalue weighted by atomic mass is 16.3. The van der Waals surface area contributed by atoms with Crippen LogP contribution in [-0.2, 0) is 0 Å². The number of nitrogens with zero attached hydrogens (tertiary/aromatic N) is 3. The summed E-state index contributed by atoms with van der Waals surface area (Å²) in [5, 5.41) is 10.6. The molecule has 0 spiro atoms. The second-order valence-corrected chi connectivity index (χ2v) is 13.0. The van der Waals surface area contributed by atoms with Crippen LogP contribution in [0.5, 0.6) is 0 Å². The predicted octanol–water partition coefficient (Wildman–Crippen LogP) is 12.3. The molecule has 8 aromatic carbocycles. The van der Waals surface area contributed by atoms with Crippen LogP contribution in [0, 0.1) is 0 Å². The second-order valence-electron chi connectivity index (χ2n) is 13.0. The lowest BCUT2D eigenvalue weighted by atomic mass is 10.00. The van der Waals surface area contributed by atoms with Crippen LogP contribution in [0.2, 0.25) is 0 Å². The van der Waals surface area contributed by atoms with Gasteiger partial charge >= 0.3 is 0 Å². The summed E-state index contributed by atoms with van der Waals surface area (Å²) in [5.41, 5.74) is 8.41. The van der Waals surface area contributed by atoms with Gasteiger partial charge in [0, 0.05) is 21.7 Å². The second kappa shape index (κ2) is 10.4. The first-order chi connectivity index (χ1) is 24.8. The third-order valence-electron chi connectivity index (χ3n) is 10.2. The Kier molecular flexibility index (Phi) is 5.63. The van der Waals surface area contributed by atoms with Crippen molar-refractivity contribution in [1.82, 2.24) is 14.5 Å². The molecule has 0 unspecified atom stereocenters. The van der Waals surface area contributed by atoms with E-state index < -0.39 is 0 Å². The molecule has 11 rings (SSSR count). The van der Waals surface area contributed by atoms with Crippen LogP contribution in [0.25, 0.3) is 105 Å². The number of aromatic nitrogens is 3. The van der Waals surface area contributed by atoms with Gasteiger partial charge in [-0.1, -0.05) is 133 Å². The SMILES string of the molecule is c1ccc(-c2nc(-n3c4ccc5ccccc5c4c4c5ccccc5ccc43)nc3c2oc2ccc(-c4ccc5ccccc5c4)cc23)cc1. The maximum atomic E-state index is 6.63. The number of furan rings is 1. The predicted molar refractivity (Wildman–Crippen MR) is 207 cm³/mol. The van der Waals surface area contributed by atoms with Gasteiger partial charge < -0.3 is 4.42 Å². The minimum Gasteiger partial charge on any atom is -0.452 e. The van der Waals surface area contributed by atoms with E-state index >= 15 is 0 Å². The molecule has 0 amide bonds. The van der Waals surface area contributed by atoms with Gasteiger partial charge in [-0.15, -0.1) is 0 Å². The maximum Gasteiger partial charge on any atom is 0.236 e. The first-order valence-electron chi connectivity index (χ1n) is 16.9. The zero-order valence-corrected chi connectivity index (χ0v) is 26.8. The fourth-order valence-corrected chi connectivity index (χ4v) is 7.84. The fourth-order valence-electron chi connectivity index (χ4n) is 7.84. The largest absolute Gasteiger partial charge is 0.452 e. The Morgan fingerprint density at radius 1 is 0.420 bits per heavy atom. The van der Waals surface area contributed by atoms with Gasteiger partial charge in [-0.05, 0) is 73.8 Å². The summed E-state index contributed by atoms with van der Waals surface area (Å²) in [6.07, 6.45) is 0. The van der Waals surface area contributed by atoms with E-state index in [1.165, 1.54) is 43.1 Å². The van der Waals surface area contributed by atoms with Crippen LogP contribution in [-0.4, -0.2) is 14.5 Å². The molecule has 232 valence electrons. The number of rotatable bonds is 3. The monoisotopic (exact) mass is 637 g/mol. The molecule has 11 aromatic rings. The van der Waals surface area contributed by atoms with Gasteiger partial charge in [-0.3, -0.25) is 4.57 Å². The molecular formula is C46H27N3O. The summed E-state index contributed by atoms with van der Waals surface area (Å²) in [5.74, 6) is 0.612. The highest BCUT2D eigenvalue weighted by Gasteiger charge is 2.23. The average Bonchev–Trinajstić information content (AvgIpc) is 3.73. The van der Waals surface area contributed by atoms with Gasteiger partial charge in [0.15, 0.2) is 5.58 Å². The van der Waals surface area contributed by atoms with Crippen molar-refractivity contribution in [3.8, 4) is 28.3 Å². The van der Waals surface area contributed by atoms with Crippen molar-refractivity contribution < 1.29 is 4.42 Å². The van der Waals surface area contributed by atoms with Crippen molar-refractivity contribution in [1.29, 1.82) is 0 Å². The zero-order valence-electron chi connectivity index (χ0n) is 26.8. The van der Waals surface area contributed by atoms with Gasteiger partial charge in [0.2, 0.25) is 5.95 Å². The van der Waals surface area contributed by atoms with Crippen LogP contribution in [0.4, 0.5) is 0 Å². The molecule has 4 nitrogen and oxygen atoms in total. The van der Waals surface area contributed by atoms with E-state index in [9.17, 15) is 0 Å². The Hall–Kier alpha value is -6.78. The van der Waals surface area contributed by atoms with E-state index in [4.69, 9.17) is 14.4 Å². The van der Waals surface area contributed by atoms with Crippen molar-refractivity contribution in [3.63, 3.8) is 0 Å². The maximum absolute atomic E-state index is 6.63. The minimum atomic E-state index is 0.612. The lowest BCUT2D eigenvalue weighted by molar-refractivity contribution is 0.666. The van der Waals surface area contributed by atoms with E-state index in [-0.39, 0.29) is 0 Å². The molecule has 0 fully saturated rings. The fraction of sp³-hybridized carbons (Fsp3) is 0. The smallest absolute Gasteiger partial charge is 0.236 e. The molecule has 50 heavy (non-hydrogen) atoms. The third kappa shape index (κ3) is 3.93. The van der Waals surface area contributed by atoms with Crippen LogP contribution in [0.1, 0.15) is 0 Å². The lowest BCUT2D eigenvalue weighted by Gasteiger charge is -2.10. The van der Waals surface area contributed by atoms with E-state index in [1.807, 2.05) is 18.2 Å². The molecule has 3 heterocycles. The molecule has 0 atom stereocenters. The van der Waals surface area contributed by atoms with Crippen LogP contribution >= 0.6 is 0 Å². The normalized spacial score (nSPS) is 12.0. The van der Waals surface area contributed by atoms with Gasteiger partial charge in [-0.2, -0.15) is 0 Å². The summed E-state index contributed by atoms with van der Waals surface area (Å²) < 4.78 is 8.87. The van der Waals surface area contributed by atoms with E-state index in [0.717, 1.165) is 49.9 Å². The summed E-state index contributed by atoms with van der Waals surface area (Å²) in [6.45, 7) is 0. The summed E-state index contributed by atoms with van der Waals surface area (Å²) in [7, 11) is 0. The standard InChI is InChI=1S/C46H27N3O/c1-2-13-31(14-3-1)43-45-44(37-27-34(22-25-40(37)50-45)33-19-18-28-10-4-5-15-32(28)26-33)48-46(47-43)49-38-23-20-29-11-6-8-16-35(29)41(38)42-36-17-9-7-12-30(36)21-24-39(42)49/h1-27H. The van der Waals surface area contributed by atoms with E-state index in [2.05, 4.69) is 150 Å². The van der Waals surface area contributed by atoms with Crippen LogP contribution in [0.15, 0.2) is 168 Å². The molecule has 4 heteroatoms. The van der Waals surface area contributed by atoms with Crippen molar-refractivity contribution >= 4 is 76.2 Å².